The maximum absolute atomic E-state index is 9.95. The molecule has 0 unspecified atom stereocenters. The van der Waals surface area contributed by atoms with E-state index in [0.29, 0.717) is 19.1 Å². The largest absolute Gasteiger partial charge is 0.391 e. The summed E-state index contributed by atoms with van der Waals surface area (Å²) in [6.45, 7) is 1.06. The number of ether oxygens (including phenoxy) is 1. The fourth-order valence-electron chi connectivity index (χ4n) is 2.76. The summed E-state index contributed by atoms with van der Waals surface area (Å²) in [5.41, 5.74) is 1.17. The highest BCUT2D eigenvalue weighted by Crippen LogP contribution is 2.27. The van der Waals surface area contributed by atoms with Crippen LogP contribution in [0.15, 0.2) is 30.3 Å². The molecule has 0 saturated heterocycles. The Morgan fingerprint density at radius 2 is 1.83 bits per heavy atom. The van der Waals surface area contributed by atoms with Crippen molar-refractivity contribution in [2.24, 2.45) is 5.92 Å². The lowest BCUT2D eigenvalue weighted by molar-refractivity contribution is 0.0137. The van der Waals surface area contributed by atoms with Crippen LogP contribution < -0.4 is 0 Å². The fraction of sp³-hybridized carbons (Fsp3) is 0.625. The first-order chi connectivity index (χ1) is 8.84. The standard InChI is InChI=1S/C16H24O2/c17-16(11-14-7-3-1-4-8-14)13-18-12-15-9-5-2-6-10-15/h2,5-6,9-10,14,16-17H,1,3-4,7-8,11-13H2/t16-/m0/s1. The van der Waals surface area contributed by atoms with E-state index < -0.39 is 0 Å². The number of hydrogen-bond donors (Lipinski definition) is 1. The zero-order valence-electron chi connectivity index (χ0n) is 11.1. The third kappa shape index (κ3) is 4.79. The van der Waals surface area contributed by atoms with Crippen molar-refractivity contribution in [2.45, 2.75) is 51.2 Å². The Kier molecular flexibility index (Phi) is 5.69. The van der Waals surface area contributed by atoms with E-state index in [0.717, 1.165) is 6.42 Å². The lowest BCUT2D eigenvalue weighted by atomic mass is 9.85. The molecule has 1 fully saturated rings. The molecule has 0 aliphatic heterocycles. The van der Waals surface area contributed by atoms with Gasteiger partial charge in [0.1, 0.15) is 0 Å². The number of hydrogen-bond acceptors (Lipinski definition) is 2. The van der Waals surface area contributed by atoms with Gasteiger partial charge in [-0.25, -0.2) is 0 Å². The molecular weight excluding hydrogens is 224 g/mol. The van der Waals surface area contributed by atoms with Crippen molar-refractivity contribution in [1.29, 1.82) is 0 Å². The molecule has 0 amide bonds. The smallest absolute Gasteiger partial charge is 0.0776 e. The summed E-state index contributed by atoms with van der Waals surface area (Å²) in [6.07, 6.45) is 7.24. The molecule has 2 nitrogen and oxygen atoms in total. The van der Waals surface area contributed by atoms with Crippen LogP contribution in [0.4, 0.5) is 0 Å². The first-order valence-corrected chi connectivity index (χ1v) is 7.14. The van der Waals surface area contributed by atoms with Crippen molar-refractivity contribution in [1.82, 2.24) is 0 Å². The SMILES string of the molecule is O[C@H](COCc1ccccc1)CC1CCCCC1. The van der Waals surface area contributed by atoms with Crippen LogP contribution in [0.5, 0.6) is 0 Å². The molecule has 2 heteroatoms. The summed E-state index contributed by atoms with van der Waals surface area (Å²) in [4.78, 5) is 0. The summed E-state index contributed by atoms with van der Waals surface area (Å²) in [6, 6.07) is 10.1. The average Bonchev–Trinajstić information content (AvgIpc) is 2.41. The van der Waals surface area contributed by atoms with Gasteiger partial charge in [-0.2, -0.15) is 0 Å². The quantitative estimate of drug-likeness (QED) is 0.834. The molecule has 1 aliphatic carbocycles. The third-order valence-corrected chi connectivity index (χ3v) is 3.75. The molecular formula is C16H24O2. The molecule has 0 bridgehead atoms. The Hall–Kier alpha value is -0.860. The van der Waals surface area contributed by atoms with Gasteiger partial charge in [0, 0.05) is 0 Å². The van der Waals surface area contributed by atoms with E-state index in [-0.39, 0.29) is 6.10 Å². The summed E-state index contributed by atoms with van der Waals surface area (Å²) in [7, 11) is 0. The highest BCUT2D eigenvalue weighted by atomic mass is 16.5. The van der Waals surface area contributed by atoms with Crippen LogP contribution in [-0.2, 0) is 11.3 Å². The summed E-state index contributed by atoms with van der Waals surface area (Å²) >= 11 is 0. The molecule has 1 aromatic rings. The van der Waals surface area contributed by atoms with E-state index in [9.17, 15) is 5.11 Å². The minimum absolute atomic E-state index is 0.295. The molecule has 18 heavy (non-hydrogen) atoms. The minimum Gasteiger partial charge on any atom is -0.391 e. The van der Waals surface area contributed by atoms with E-state index >= 15 is 0 Å². The Morgan fingerprint density at radius 1 is 1.11 bits per heavy atom. The van der Waals surface area contributed by atoms with Crippen LogP contribution in [0.2, 0.25) is 0 Å². The van der Waals surface area contributed by atoms with Crippen LogP contribution in [0.3, 0.4) is 0 Å². The van der Waals surface area contributed by atoms with E-state index in [4.69, 9.17) is 4.74 Å². The summed E-state index contributed by atoms with van der Waals surface area (Å²) < 4.78 is 5.57. The van der Waals surface area contributed by atoms with Crippen LogP contribution in [-0.4, -0.2) is 17.8 Å². The van der Waals surface area contributed by atoms with Gasteiger partial charge >= 0.3 is 0 Å². The first-order valence-electron chi connectivity index (χ1n) is 7.14. The molecule has 0 aromatic heterocycles. The Balaban J connectivity index is 1.61. The second kappa shape index (κ2) is 7.55. The minimum atomic E-state index is -0.295. The molecule has 0 spiro atoms. The topological polar surface area (TPSA) is 29.5 Å². The lowest BCUT2D eigenvalue weighted by Crippen LogP contribution is -2.21. The summed E-state index contributed by atoms with van der Waals surface area (Å²) in [5, 5.41) is 9.95. The molecule has 0 heterocycles. The van der Waals surface area contributed by atoms with Crippen molar-refractivity contribution in [3.8, 4) is 0 Å². The maximum atomic E-state index is 9.95. The van der Waals surface area contributed by atoms with Gasteiger partial charge in [0.15, 0.2) is 0 Å². The van der Waals surface area contributed by atoms with Gasteiger partial charge in [0.2, 0.25) is 0 Å². The van der Waals surface area contributed by atoms with Crippen molar-refractivity contribution in [3.05, 3.63) is 35.9 Å². The van der Waals surface area contributed by atoms with Crippen molar-refractivity contribution < 1.29 is 9.84 Å². The van der Waals surface area contributed by atoms with Crippen molar-refractivity contribution in [2.75, 3.05) is 6.61 Å². The van der Waals surface area contributed by atoms with Gasteiger partial charge in [-0.05, 0) is 17.9 Å². The van der Waals surface area contributed by atoms with Gasteiger partial charge in [-0.1, -0.05) is 62.4 Å². The molecule has 1 aromatic carbocycles. The number of benzene rings is 1. The second-order valence-corrected chi connectivity index (χ2v) is 5.39. The lowest BCUT2D eigenvalue weighted by Gasteiger charge is -2.23. The van der Waals surface area contributed by atoms with Crippen LogP contribution in [0, 0.1) is 5.92 Å². The van der Waals surface area contributed by atoms with E-state index in [2.05, 4.69) is 0 Å². The normalized spacial score (nSPS) is 18.7. The van der Waals surface area contributed by atoms with E-state index in [1.54, 1.807) is 0 Å². The summed E-state index contributed by atoms with van der Waals surface area (Å²) in [5.74, 6) is 0.717. The van der Waals surface area contributed by atoms with Crippen molar-refractivity contribution >= 4 is 0 Å². The van der Waals surface area contributed by atoms with Gasteiger partial charge in [-0.3, -0.25) is 0 Å². The van der Waals surface area contributed by atoms with Gasteiger partial charge in [0.25, 0.3) is 0 Å². The molecule has 1 N–H and O–H groups in total. The first kappa shape index (κ1) is 13.6. The number of aliphatic hydroxyl groups excluding tert-OH is 1. The van der Waals surface area contributed by atoms with Gasteiger partial charge in [0.05, 0.1) is 19.3 Å². The third-order valence-electron chi connectivity index (χ3n) is 3.75. The fourth-order valence-corrected chi connectivity index (χ4v) is 2.76. The Morgan fingerprint density at radius 3 is 2.56 bits per heavy atom. The highest BCUT2D eigenvalue weighted by molar-refractivity contribution is 5.13. The Bertz CT molecular complexity index is 317. The van der Waals surface area contributed by atoms with Crippen LogP contribution in [0.25, 0.3) is 0 Å². The zero-order valence-corrected chi connectivity index (χ0v) is 11.1. The Labute approximate surface area is 110 Å². The molecule has 2 rings (SSSR count). The zero-order chi connectivity index (χ0) is 12.6. The van der Waals surface area contributed by atoms with Crippen molar-refractivity contribution in [3.63, 3.8) is 0 Å². The molecule has 1 saturated carbocycles. The van der Waals surface area contributed by atoms with Gasteiger partial charge < -0.3 is 9.84 Å². The molecule has 1 atom stereocenters. The average molecular weight is 248 g/mol. The maximum Gasteiger partial charge on any atom is 0.0776 e. The van der Waals surface area contributed by atoms with E-state index in [1.807, 2.05) is 30.3 Å². The number of rotatable bonds is 6. The predicted octanol–water partition coefficient (Wildman–Crippen LogP) is 3.53. The molecule has 1 aliphatic rings. The monoisotopic (exact) mass is 248 g/mol. The molecule has 0 radical (unpaired) electrons. The van der Waals surface area contributed by atoms with Crippen LogP contribution in [0.1, 0.15) is 44.1 Å². The predicted molar refractivity (Wildman–Crippen MR) is 73.3 cm³/mol. The van der Waals surface area contributed by atoms with Gasteiger partial charge in [-0.15, -0.1) is 0 Å². The number of aliphatic hydroxyl groups is 1. The second-order valence-electron chi connectivity index (χ2n) is 5.39. The highest BCUT2D eigenvalue weighted by Gasteiger charge is 2.17. The molecule has 100 valence electrons. The van der Waals surface area contributed by atoms with E-state index in [1.165, 1.54) is 37.7 Å². The van der Waals surface area contributed by atoms with Crippen LogP contribution >= 0.6 is 0 Å².